The summed E-state index contributed by atoms with van der Waals surface area (Å²) in [6, 6.07) is 9.07. The van der Waals surface area contributed by atoms with E-state index >= 15 is 0 Å². The molecule has 1 unspecified atom stereocenters. The number of hydrogen-bond acceptors (Lipinski definition) is 8. The average molecular weight is 448 g/mol. The maximum absolute atomic E-state index is 12.6. The van der Waals surface area contributed by atoms with Gasteiger partial charge in [-0.05, 0) is 43.8 Å². The van der Waals surface area contributed by atoms with Crippen LogP contribution in [-0.4, -0.2) is 65.1 Å². The van der Waals surface area contributed by atoms with Gasteiger partial charge in [0.1, 0.15) is 29.8 Å². The highest BCUT2D eigenvalue weighted by atomic mass is 16.5. The third-order valence-corrected chi connectivity index (χ3v) is 5.50. The summed E-state index contributed by atoms with van der Waals surface area (Å²) in [4.78, 5) is 27.7. The third kappa shape index (κ3) is 5.73. The zero-order chi connectivity index (χ0) is 23.8. The number of likely N-dealkylation sites (N-methyl/N-ethyl adjacent to an activating group) is 1. The topological polar surface area (TPSA) is 116 Å². The largest absolute Gasteiger partial charge is 0.480 e. The molecule has 1 amide bonds. The molecular formula is C24H29N7O2. The first-order valence-electron chi connectivity index (χ1n) is 11.0. The molecule has 3 aromatic rings. The number of aromatic nitrogens is 3. The van der Waals surface area contributed by atoms with Crippen LogP contribution >= 0.6 is 0 Å². The van der Waals surface area contributed by atoms with Crippen LogP contribution in [0.5, 0.6) is 5.88 Å². The predicted molar refractivity (Wildman–Crippen MR) is 128 cm³/mol. The summed E-state index contributed by atoms with van der Waals surface area (Å²) in [6.07, 6.45) is 3.13. The van der Waals surface area contributed by atoms with Crippen LogP contribution in [0.2, 0.25) is 0 Å². The molecule has 172 valence electrons. The van der Waals surface area contributed by atoms with E-state index in [9.17, 15) is 10.1 Å². The van der Waals surface area contributed by atoms with Crippen LogP contribution in [0.4, 0.5) is 5.82 Å². The Labute approximate surface area is 193 Å². The molecule has 0 aliphatic heterocycles. The Hall–Kier alpha value is -3.77. The Morgan fingerprint density at radius 1 is 1.18 bits per heavy atom. The summed E-state index contributed by atoms with van der Waals surface area (Å²) in [5.74, 6) is 0.756. The first-order valence-corrected chi connectivity index (χ1v) is 11.0. The molecule has 0 spiro atoms. The van der Waals surface area contributed by atoms with Gasteiger partial charge in [-0.15, -0.1) is 0 Å². The molecule has 0 bridgehead atoms. The van der Waals surface area contributed by atoms with Crippen LogP contribution in [-0.2, 0) is 4.79 Å². The minimum atomic E-state index is -0.476. The minimum absolute atomic E-state index is 0.0944. The standard InChI is InChI=1S/C24H29N7O2/c1-5-31(6-2)10-9-26-23(32)16(3)30-22-20-12-17(7-8-21(20)28-15-29-22)19-11-18(13-25)24(33-4)27-14-19/h7-8,11-12,14-16H,5-6,9-10H2,1-4H3,(H,26,32)(H,28,29,30). The van der Waals surface area contributed by atoms with Gasteiger partial charge in [0.25, 0.3) is 0 Å². The van der Waals surface area contributed by atoms with E-state index in [0.717, 1.165) is 41.7 Å². The molecule has 3 rings (SSSR count). The van der Waals surface area contributed by atoms with Crippen molar-refractivity contribution in [1.82, 2.24) is 25.2 Å². The molecule has 0 aliphatic rings. The van der Waals surface area contributed by atoms with Gasteiger partial charge < -0.3 is 20.3 Å². The fraction of sp³-hybridized carbons (Fsp3) is 0.375. The van der Waals surface area contributed by atoms with E-state index in [1.807, 2.05) is 18.2 Å². The first-order chi connectivity index (χ1) is 16.0. The number of rotatable bonds is 10. The van der Waals surface area contributed by atoms with Gasteiger partial charge in [-0.1, -0.05) is 19.9 Å². The van der Waals surface area contributed by atoms with Crippen molar-refractivity contribution in [2.75, 3.05) is 38.6 Å². The third-order valence-electron chi connectivity index (χ3n) is 5.50. The highest BCUT2D eigenvalue weighted by molar-refractivity contribution is 5.94. The number of carbonyl (C=O) groups is 1. The minimum Gasteiger partial charge on any atom is -0.480 e. The highest BCUT2D eigenvalue weighted by Crippen LogP contribution is 2.29. The average Bonchev–Trinajstić information content (AvgIpc) is 2.85. The van der Waals surface area contributed by atoms with Crippen LogP contribution in [0.25, 0.3) is 22.0 Å². The molecule has 2 heterocycles. The van der Waals surface area contributed by atoms with E-state index in [2.05, 4.69) is 50.4 Å². The number of amides is 1. The van der Waals surface area contributed by atoms with Crippen molar-refractivity contribution in [1.29, 1.82) is 5.26 Å². The monoisotopic (exact) mass is 447 g/mol. The van der Waals surface area contributed by atoms with Crippen LogP contribution in [0.15, 0.2) is 36.8 Å². The number of hydrogen-bond donors (Lipinski definition) is 2. The van der Waals surface area contributed by atoms with Crippen molar-refractivity contribution >= 4 is 22.6 Å². The van der Waals surface area contributed by atoms with Crippen LogP contribution in [0.3, 0.4) is 0 Å². The maximum Gasteiger partial charge on any atom is 0.242 e. The Kier molecular flexibility index (Phi) is 8.11. The number of methoxy groups -OCH3 is 1. The summed E-state index contributed by atoms with van der Waals surface area (Å²) in [7, 11) is 1.48. The Bertz CT molecular complexity index is 1160. The Morgan fingerprint density at radius 3 is 2.67 bits per heavy atom. The maximum atomic E-state index is 12.6. The number of pyridine rings is 1. The molecule has 9 heteroatoms. The first kappa shape index (κ1) is 23.9. The van der Waals surface area contributed by atoms with Gasteiger partial charge >= 0.3 is 0 Å². The van der Waals surface area contributed by atoms with E-state index in [1.165, 1.54) is 13.4 Å². The molecule has 0 saturated heterocycles. The number of benzene rings is 1. The number of nitrogens with one attached hydrogen (secondary N) is 2. The molecule has 9 nitrogen and oxygen atoms in total. The van der Waals surface area contributed by atoms with Crippen molar-refractivity contribution in [2.24, 2.45) is 0 Å². The predicted octanol–water partition coefficient (Wildman–Crippen LogP) is 2.83. The van der Waals surface area contributed by atoms with E-state index < -0.39 is 6.04 Å². The fourth-order valence-corrected chi connectivity index (χ4v) is 3.50. The summed E-state index contributed by atoms with van der Waals surface area (Å²) < 4.78 is 5.13. The number of nitriles is 1. The van der Waals surface area contributed by atoms with Crippen molar-refractivity contribution in [3.05, 3.63) is 42.4 Å². The number of carbonyl (C=O) groups excluding carboxylic acids is 1. The second-order valence-electron chi connectivity index (χ2n) is 7.53. The lowest BCUT2D eigenvalue weighted by Crippen LogP contribution is -2.41. The SMILES string of the molecule is CCN(CC)CCNC(=O)C(C)Nc1ncnc2ccc(-c3cnc(OC)c(C#N)c3)cc12. The van der Waals surface area contributed by atoms with Gasteiger partial charge in [0, 0.05) is 30.2 Å². The van der Waals surface area contributed by atoms with Crippen molar-refractivity contribution in [2.45, 2.75) is 26.8 Å². The quantitative estimate of drug-likeness (QED) is 0.487. The molecule has 1 aromatic carbocycles. The lowest BCUT2D eigenvalue weighted by atomic mass is 10.0. The zero-order valence-electron chi connectivity index (χ0n) is 19.4. The van der Waals surface area contributed by atoms with Gasteiger partial charge in [0.05, 0.1) is 12.6 Å². The molecular weight excluding hydrogens is 418 g/mol. The molecule has 0 radical (unpaired) electrons. The molecule has 1 atom stereocenters. The van der Waals surface area contributed by atoms with Crippen LogP contribution in [0.1, 0.15) is 26.3 Å². The second kappa shape index (κ2) is 11.2. The number of anilines is 1. The summed E-state index contributed by atoms with van der Waals surface area (Å²) >= 11 is 0. The molecule has 33 heavy (non-hydrogen) atoms. The van der Waals surface area contributed by atoms with E-state index in [1.54, 1.807) is 19.2 Å². The number of nitrogens with zero attached hydrogens (tertiary/aromatic N) is 5. The van der Waals surface area contributed by atoms with E-state index in [4.69, 9.17) is 4.74 Å². The zero-order valence-corrected chi connectivity index (χ0v) is 19.4. The van der Waals surface area contributed by atoms with Crippen LogP contribution < -0.4 is 15.4 Å². The molecule has 2 N–H and O–H groups in total. The number of fused-ring (bicyclic) bond motifs is 1. The lowest BCUT2D eigenvalue weighted by Gasteiger charge is -2.20. The van der Waals surface area contributed by atoms with E-state index in [-0.39, 0.29) is 11.8 Å². The second-order valence-corrected chi connectivity index (χ2v) is 7.53. The van der Waals surface area contributed by atoms with E-state index in [0.29, 0.717) is 17.9 Å². The normalized spacial score (nSPS) is 11.8. The van der Waals surface area contributed by atoms with Gasteiger partial charge in [-0.25, -0.2) is 15.0 Å². The lowest BCUT2D eigenvalue weighted by molar-refractivity contribution is -0.121. The van der Waals surface area contributed by atoms with Gasteiger partial charge in [-0.2, -0.15) is 5.26 Å². The molecule has 0 saturated carbocycles. The van der Waals surface area contributed by atoms with Crippen molar-refractivity contribution in [3.8, 4) is 23.1 Å². The number of ether oxygens (including phenoxy) is 1. The fourth-order valence-electron chi connectivity index (χ4n) is 3.50. The smallest absolute Gasteiger partial charge is 0.242 e. The summed E-state index contributed by atoms with van der Waals surface area (Å²) in [6.45, 7) is 9.32. The highest BCUT2D eigenvalue weighted by Gasteiger charge is 2.16. The van der Waals surface area contributed by atoms with Gasteiger partial charge in [0.2, 0.25) is 11.8 Å². The Morgan fingerprint density at radius 2 is 1.97 bits per heavy atom. The van der Waals surface area contributed by atoms with Crippen LogP contribution in [0, 0.1) is 11.3 Å². The van der Waals surface area contributed by atoms with Crippen molar-refractivity contribution in [3.63, 3.8) is 0 Å². The molecule has 0 aliphatic carbocycles. The van der Waals surface area contributed by atoms with Crippen molar-refractivity contribution < 1.29 is 9.53 Å². The molecule has 2 aromatic heterocycles. The van der Waals surface area contributed by atoms with Gasteiger partial charge in [0.15, 0.2) is 0 Å². The Balaban J connectivity index is 1.80. The summed E-state index contributed by atoms with van der Waals surface area (Å²) in [5, 5.41) is 16.3. The summed E-state index contributed by atoms with van der Waals surface area (Å²) in [5.41, 5.74) is 2.72. The van der Waals surface area contributed by atoms with Gasteiger partial charge in [-0.3, -0.25) is 4.79 Å². The molecule has 0 fully saturated rings.